The first-order valence-corrected chi connectivity index (χ1v) is 10.6. The Labute approximate surface area is 175 Å². The van der Waals surface area contributed by atoms with Crippen molar-refractivity contribution in [2.75, 3.05) is 24.2 Å². The molecule has 0 saturated heterocycles. The van der Waals surface area contributed by atoms with E-state index in [9.17, 15) is 31.2 Å². The molecule has 0 unspecified atom stereocenters. The Bertz CT molecular complexity index is 1270. The number of sulfonamides is 1. The molecule has 1 heterocycles. The highest BCUT2D eigenvalue weighted by Crippen LogP contribution is 2.32. The highest BCUT2D eigenvalue weighted by molar-refractivity contribution is 7.92. The summed E-state index contributed by atoms with van der Waals surface area (Å²) in [5, 5.41) is 0.410. The number of aromatic nitrogens is 1. The van der Waals surface area contributed by atoms with Gasteiger partial charge >= 0.3 is 12.1 Å². The molecule has 0 atom stereocenters. The molecule has 0 N–H and O–H groups in total. The molecule has 3 rings (SSSR count). The number of carbonyl (C=O) groups excluding carboxylic acids is 2. The lowest BCUT2D eigenvalue weighted by Crippen LogP contribution is -2.37. The molecule has 0 bridgehead atoms. The van der Waals surface area contributed by atoms with Crippen molar-refractivity contribution in [2.45, 2.75) is 6.18 Å². The first-order valence-electron chi connectivity index (χ1n) is 8.80. The molecule has 164 valence electrons. The Morgan fingerprint density at radius 3 is 2.39 bits per heavy atom. The lowest BCUT2D eigenvalue weighted by Gasteiger charge is -2.23. The number of benzene rings is 2. The zero-order chi connectivity index (χ0) is 23.0. The van der Waals surface area contributed by atoms with E-state index in [1.807, 2.05) is 0 Å². The summed E-state index contributed by atoms with van der Waals surface area (Å²) in [7, 11) is -2.93. The zero-order valence-corrected chi connectivity index (χ0v) is 17.2. The first-order chi connectivity index (χ1) is 14.4. The normalized spacial score (nSPS) is 12.0. The van der Waals surface area contributed by atoms with Crippen LogP contribution in [0.15, 0.2) is 54.7 Å². The minimum atomic E-state index is -4.69. The van der Waals surface area contributed by atoms with Crippen LogP contribution < -0.4 is 4.31 Å². The van der Waals surface area contributed by atoms with Crippen molar-refractivity contribution in [3.63, 3.8) is 0 Å². The van der Waals surface area contributed by atoms with Crippen LogP contribution in [0.3, 0.4) is 0 Å². The van der Waals surface area contributed by atoms with Gasteiger partial charge in [0.25, 0.3) is 5.91 Å². The number of nitrogens with zero attached hydrogens (tertiary/aromatic N) is 2. The predicted molar refractivity (Wildman–Crippen MR) is 108 cm³/mol. The van der Waals surface area contributed by atoms with Crippen molar-refractivity contribution in [2.24, 2.45) is 0 Å². The molecule has 7 nitrogen and oxygen atoms in total. The maximum absolute atomic E-state index is 13.1. The van der Waals surface area contributed by atoms with Crippen LogP contribution >= 0.6 is 0 Å². The number of anilines is 1. The van der Waals surface area contributed by atoms with Gasteiger partial charge in [0.15, 0.2) is 0 Å². The Balaban J connectivity index is 2.05. The van der Waals surface area contributed by atoms with Gasteiger partial charge in [0.1, 0.15) is 6.54 Å². The summed E-state index contributed by atoms with van der Waals surface area (Å²) in [6.45, 7) is -0.778. The predicted octanol–water partition coefficient (Wildman–Crippen LogP) is 3.55. The molecule has 2 aromatic carbocycles. The lowest BCUT2D eigenvalue weighted by atomic mass is 10.2. The number of ether oxygens (including phenoxy) is 1. The molecule has 1 aromatic heterocycles. The van der Waals surface area contributed by atoms with Crippen molar-refractivity contribution in [1.29, 1.82) is 0 Å². The van der Waals surface area contributed by atoms with Crippen LogP contribution in [0.5, 0.6) is 0 Å². The van der Waals surface area contributed by atoms with E-state index in [0.29, 0.717) is 21.3 Å². The first kappa shape index (κ1) is 22.3. The van der Waals surface area contributed by atoms with Crippen LogP contribution in [0.2, 0.25) is 0 Å². The molecule has 0 radical (unpaired) electrons. The second kappa shape index (κ2) is 8.06. The van der Waals surface area contributed by atoms with Gasteiger partial charge in [-0.15, -0.1) is 0 Å². The van der Waals surface area contributed by atoms with Crippen molar-refractivity contribution in [3.05, 3.63) is 65.9 Å². The summed E-state index contributed by atoms with van der Waals surface area (Å²) in [4.78, 5) is 25.0. The number of alkyl halides is 3. The Hall–Kier alpha value is -3.34. The zero-order valence-electron chi connectivity index (χ0n) is 16.4. The fraction of sp³-hybridized carbons (Fsp3) is 0.200. The van der Waals surface area contributed by atoms with Gasteiger partial charge in [0.05, 0.1) is 35.7 Å². The number of rotatable bonds is 5. The number of methoxy groups -OCH3 is 1. The summed E-state index contributed by atoms with van der Waals surface area (Å²) < 4.78 is 70.1. The standard InChI is InChI=1S/C20H17F3N2O5S/c1-30-19(27)16-11-24(17-9-4-3-8-15(16)17)18(26)12-25(31(2,28)29)14-7-5-6-13(10-14)20(21,22)23/h3-11H,12H2,1-2H3. The third kappa shape index (κ3) is 4.55. The quantitative estimate of drug-likeness (QED) is 0.551. The number of esters is 1. The Morgan fingerprint density at radius 1 is 1.10 bits per heavy atom. The minimum absolute atomic E-state index is 0.0939. The van der Waals surface area contributed by atoms with Gasteiger partial charge in [-0.25, -0.2) is 13.2 Å². The van der Waals surface area contributed by atoms with Crippen LogP contribution in [0.4, 0.5) is 18.9 Å². The van der Waals surface area contributed by atoms with Crippen LogP contribution in [0.1, 0.15) is 20.7 Å². The smallest absolute Gasteiger partial charge is 0.416 e. The maximum Gasteiger partial charge on any atom is 0.416 e. The molecule has 0 aliphatic carbocycles. The molecule has 3 aromatic rings. The molecular formula is C20H17F3N2O5S. The maximum atomic E-state index is 13.1. The van der Waals surface area contributed by atoms with Gasteiger partial charge < -0.3 is 4.74 Å². The Kier molecular flexibility index (Phi) is 5.81. The van der Waals surface area contributed by atoms with Gasteiger partial charge in [-0.2, -0.15) is 13.2 Å². The van der Waals surface area contributed by atoms with E-state index in [1.54, 1.807) is 24.3 Å². The number of hydrogen-bond donors (Lipinski definition) is 0. The molecule has 0 spiro atoms. The second-order valence-electron chi connectivity index (χ2n) is 6.63. The summed E-state index contributed by atoms with van der Waals surface area (Å²) >= 11 is 0. The molecule has 0 aliphatic heterocycles. The molecule has 11 heteroatoms. The van der Waals surface area contributed by atoms with E-state index in [4.69, 9.17) is 4.74 Å². The van der Waals surface area contributed by atoms with E-state index < -0.39 is 40.2 Å². The molecule has 0 fully saturated rings. The van der Waals surface area contributed by atoms with E-state index in [-0.39, 0.29) is 11.3 Å². The van der Waals surface area contributed by atoms with Gasteiger partial charge in [-0.05, 0) is 24.3 Å². The number of carbonyl (C=O) groups is 2. The third-order valence-electron chi connectivity index (χ3n) is 4.53. The number of para-hydroxylation sites is 1. The van der Waals surface area contributed by atoms with Crippen LogP contribution in [-0.4, -0.2) is 44.8 Å². The van der Waals surface area contributed by atoms with Crippen molar-refractivity contribution in [3.8, 4) is 0 Å². The number of fused-ring (bicyclic) bond motifs is 1. The lowest BCUT2D eigenvalue weighted by molar-refractivity contribution is -0.137. The van der Waals surface area contributed by atoms with E-state index in [1.165, 1.54) is 13.3 Å². The highest BCUT2D eigenvalue weighted by atomic mass is 32.2. The van der Waals surface area contributed by atoms with Crippen molar-refractivity contribution in [1.82, 2.24) is 4.57 Å². The molecule has 0 saturated carbocycles. The third-order valence-corrected chi connectivity index (χ3v) is 5.67. The topological polar surface area (TPSA) is 85.7 Å². The number of halogens is 3. The summed E-state index contributed by atoms with van der Waals surface area (Å²) in [5.41, 5.74) is -0.942. The van der Waals surface area contributed by atoms with E-state index in [2.05, 4.69) is 0 Å². The average Bonchev–Trinajstić information content (AvgIpc) is 3.10. The Morgan fingerprint density at radius 2 is 1.77 bits per heavy atom. The summed E-state index contributed by atoms with van der Waals surface area (Å²) in [6, 6.07) is 10.1. The van der Waals surface area contributed by atoms with Gasteiger partial charge in [0.2, 0.25) is 10.0 Å². The van der Waals surface area contributed by atoms with Gasteiger partial charge in [0, 0.05) is 11.6 Å². The SMILES string of the molecule is COC(=O)c1cn(C(=O)CN(c2cccc(C(F)(F)F)c2)S(C)(=O)=O)c2ccccc12. The average molecular weight is 454 g/mol. The molecule has 0 aliphatic rings. The van der Waals surface area contributed by atoms with Crippen LogP contribution in [-0.2, 0) is 20.9 Å². The summed E-state index contributed by atoms with van der Waals surface area (Å²) in [6.07, 6.45) is -2.69. The molecule has 0 amide bonds. The monoisotopic (exact) mass is 454 g/mol. The van der Waals surface area contributed by atoms with Gasteiger partial charge in [-0.1, -0.05) is 24.3 Å². The minimum Gasteiger partial charge on any atom is -0.465 e. The fourth-order valence-electron chi connectivity index (χ4n) is 3.10. The van der Waals surface area contributed by atoms with E-state index in [0.717, 1.165) is 29.0 Å². The number of hydrogen-bond acceptors (Lipinski definition) is 5. The van der Waals surface area contributed by atoms with E-state index >= 15 is 0 Å². The largest absolute Gasteiger partial charge is 0.465 e. The van der Waals surface area contributed by atoms with Crippen LogP contribution in [0.25, 0.3) is 10.9 Å². The van der Waals surface area contributed by atoms with Crippen molar-refractivity contribution < 1.29 is 35.9 Å². The van der Waals surface area contributed by atoms with Gasteiger partial charge in [-0.3, -0.25) is 13.7 Å². The highest BCUT2D eigenvalue weighted by Gasteiger charge is 2.32. The fourth-order valence-corrected chi connectivity index (χ4v) is 3.94. The second-order valence-corrected chi connectivity index (χ2v) is 8.54. The molecular weight excluding hydrogens is 437 g/mol. The van der Waals surface area contributed by atoms with Crippen molar-refractivity contribution >= 4 is 38.5 Å². The molecule has 31 heavy (non-hydrogen) atoms. The summed E-state index contributed by atoms with van der Waals surface area (Å²) in [5.74, 6) is -1.46. The van der Waals surface area contributed by atoms with Crippen LogP contribution in [0, 0.1) is 0 Å².